The standard InChI is InChI=1S/C24H19N3O2S/c1-2-29-19-10-11-21-17(13-19)12-18(14-25)24(27-21)30-15-23(28)26-22-9-5-7-16-6-3-4-8-20(16)22/h3-13H,2,15H2,1H3,(H,26,28). The lowest BCUT2D eigenvalue weighted by atomic mass is 10.1. The monoisotopic (exact) mass is 413 g/mol. The first kappa shape index (κ1) is 19.7. The SMILES string of the molecule is CCOc1ccc2nc(SCC(=O)Nc3cccc4ccccc34)c(C#N)cc2c1. The first-order valence-corrected chi connectivity index (χ1v) is 10.5. The summed E-state index contributed by atoms with van der Waals surface area (Å²) < 4.78 is 5.51. The highest BCUT2D eigenvalue weighted by Gasteiger charge is 2.12. The number of carbonyl (C=O) groups is 1. The number of benzene rings is 3. The normalized spacial score (nSPS) is 10.7. The molecular formula is C24H19N3O2S. The van der Waals surface area contributed by atoms with Crippen molar-refractivity contribution in [3.63, 3.8) is 0 Å². The zero-order valence-corrected chi connectivity index (χ0v) is 17.2. The molecule has 0 unspecified atom stereocenters. The second-order valence-electron chi connectivity index (χ2n) is 6.60. The summed E-state index contributed by atoms with van der Waals surface area (Å²) in [7, 11) is 0. The number of hydrogen-bond donors (Lipinski definition) is 1. The zero-order chi connectivity index (χ0) is 20.9. The molecule has 4 rings (SSSR count). The molecule has 0 atom stereocenters. The maximum absolute atomic E-state index is 12.6. The van der Waals surface area contributed by atoms with Gasteiger partial charge in [-0.3, -0.25) is 4.79 Å². The van der Waals surface area contributed by atoms with Crippen LogP contribution >= 0.6 is 11.8 Å². The van der Waals surface area contributed by atoms with Crippen LogP contribution < -0.4 is 10.1 Å². The highest BCUT2D eigenvalue weighted by molar-refractivity contribution is 8.00. The first-order chi connectivity index (χ1) is 14.7. The van der Waals surface area contributed by atoms with Gasteiger partial charge in [0.1, 0.15) is 16.8 Å². The van der Waals surface area contributed by atoms with Crippen LogP contribution in [0.3, 0.4) is 0 Å². The predicted octanol–water partition coefficient (Wildman–Crippen LogP) is 5.39. The fourth-order valence-electron chi connectivity index (χ4n) is 3.24. The summed E-state index contributed by atoms with van der Waals surface area (Å²) in [5, 5.41) is 15.9. The van der Waals surface area contributed by atoms with Crippen LogP contribution in [0.4, 0.5) is 5.69 Å². The number of aromatic nitrogens is 1. The largest absolute Gasteiger partial charge is 0.494 e. The highest BCUT2D eigenvalue weighted by atomic mass is 32.2. The van der Waals surface area contributed by atoms with E-state index in [1.54, 1.807) is 6.07 Å². The van der Waals surface area contributed by atoms with E-state index in [1.165, 1.54) is 11.8 Å². The number of nitrogens with one attached hydrogen (secondary N) is 1. The molecule has 5 nitrogen and oxygen atoms in total. The van der Waals surface area contributed by atoms with Crippen molar-refractivity contribution in [1.82, 2.24) is 4.98 Å². The van der Waals surface area contributed by atoms with Gasteiger partial charge in [-0.2, -0.15) is 5.26 Å². The number of hydrogen-bond acceptors (Lipinski definition) is 5. The van der Waals surface area contributed by atoms with E-state index in [9.17, 15) is 10.1 Å². The molecule has 6 heteroatoms. The Morgan fingerprint density at radius 1 is 1.10 bits per heavy atom. The number of fused-ring (bicyclic) bond motifs is 2. The van der Waals surface area contributed by atoms with E-state index in [0.29, 0.717) is 17.2 Å². The number of pyridine rings is 1. The summed E-state index contributed by atoms with van der Waals surface area (Å²) >= 11 is 1.26. The molecule has 30 heavy (non-hydrogen) atoms. The molecule has 3 aromatic carbocycles. The van der Waals surface area contributed by atoms with Crippen molar-refractivity contribution in [2.45, 2.75) is 11.9 Å². The van der Waals surface area contributed by atoms with Gasteiger partial charge < -0.3 is 10.1 Å². The van der Waals surface area contributed by atoms with Gasteiger partial charge in [-0.25, -0.2) is 4.98 Å². The van der Waals surface area contributed by atoms with Gasteiger partial charge in [-0.05, 0) is 42.6 Å². The van der Waals surface area contributed by atoms with Crippen LogP contribution in [0.15, 0.2) is 71.8 Å². The molecule has 1 amide bonds. The molecule has 1 heterocycles. The number of anilines is 1. The van der Waals surface area contributed by atoms with Crippen molar-refractivity contribution in [2.75, 3.05) is 17.7 Å². The summed E-state index contributed by atoms with van der Waals surface area (Å²) in [6.45, 7) is 2.50. The Kier molecular flexibility index (Phi) is 5.82. The third kappa shape index (κ3) is 4.22. The molecule has 0 bridgehead atoms. The third-order valence-corrected chi connectivity index (χ3v) is 5.58. The third-order valence-electron chi connectivity index (χ3n) is 4.59. The van der Waals surface area contributed by atoms with Gasteiger partial charge in [0, 0.05) is 16.5 Å². The Hall–Kier alpha value is -3.56. The van der Waals surface area contributed by atoms with Gasteiger partial charge in [0.2, 0.25) is 5.91 Å². The number of amides is 1. The van der Waals surface area contributed by atoms with Crippen LogP contribution in [0, 0.1) is 11.3 Å². The topological polar surface area (TPSA) is 75.0 Å². The minimum atomic E-state index is -0.145. The van der Waals surface area contributed by atoms with Gasteiger partial charge in [-0.15, -0.1) is 0 Å². The van der Waals surface area contributed by atoms with Crippen LogP contribution in [0.1, 0.15) is 12.5 Å². The molecule has 4 aromatic rings. The highest BCUT2D eigenvalue weighted by Crippen LogP contribution is 2.28. The number of ether oxygens (including phenoxy) is 1. The molecule has 0 spiro atoms. The first-order valence-electron chi connectivity index (χ1n) is 9.56. The lowest BCUT2D eigenvalue weighted by Crippen LogP contribution is -2.14. The second-order valence-corrected chi connectivity index (χ2v) is 7.57. The molecule has 0 aliphatic carbocycles. The Labute approximate surface area is 178 Å². The number of nitrogens with zero attached hydrogens (tertiary/aromatic N) is 2. The molecule has 0 radical (unpaired) electrons. The van der Waals surface area contributed by atoms with Crippen molar-refractivity contribution < 1.29 is 9.53 Å². The zero-order valence-electron chi connectivity index (χ0n) is 16.4. The minimum Gasteiger partial charge on any atom is -0.494 e. The fourth-order valence-corrected chi connectivity index (χ4v) is 4.00. The Bertz CT molecular complexity index is 1280. The average Bonchev–Trinajstić information content (AvgIpc) is 2.77. The average molecular weight is 414 g/mol. The Morgan fingerprint density at radius 2 is 1.93 bits per heavy atom. The summed E-state index contributed by atoms with van der Waals surface area (Å²) in [6, 6.07) is 23.3. The smallest absolute Gasteiger partial charge is 0.234 e. The van der Waals surface area contributed by atoms with Gasteiger partial charge in [0.25, 0.3) is 0 Å². The van der Waals surface area contributed by atoms with E-state index in [4.69, 9.17) is 4.74 Å². The van der Waals surface area contributed by atoms with Crippen LogP contribution in [0.2, 0.25) is 0 Å². The number of rotatable bonds is 6. The van der Waals surface area contributed by atoms with Crippen molar-refractivity contribution in [3.8, 4) is 11.8 Å². The van der Waals surface area contributed by atoms with Crippen LogP contribution in [-0.2, 0) is 4.79 Å². The Morgan fingerprint density at radius 3 is 2.77 bits per heavy atom. The molecule has 1 N–H and O–H groups in total. The number of thioether (sulfide) groups is 1. The quantitative estimate of drug-likeness (QED) is 0.429. The van der Waals surface area contributed by atoms with Gasteiger partial charge in [-0.1, -0.05) is 48.2 Å². The van der Waals surface area contributed by atoms with Crippen molar-refractivity contribution >= 4 is 45.0 Å². The maximum atomic E-state index is 12.6. The second kappa shape index (κ2) is 8.85. The summed E-state index contributed by atoms with van der Waals surface area (Å²) in [4.78, 5) is 17.1. The molecule has 1 aromatic heterocycles. The van der Waals surface area contributed by atoms with Crippen molar-refractivity contribution in [2.24, 2.45) is 0 Å². The molecule has 148 valence electrons. The van der Waals surface area contributed by atoms with E-state index >= 15 is 0 Å². The van der Waals surface area contributed by atoms with Gasteiger partial charge >= 0.3 is 0 Å². The van der Waals surface area contributed by atoms with Crippen molar-refractivity contribution in [3.05, 3.63) is 72.3 Å². The lowest BCUT2D eigenvalue weighted by Gasteiger charge is -2.10. The molecular weight excluding hydrogens is 394 g/mol. The number of nitriles is 1. The molecule has 0 aliphatic heterocycles. The van der Waals surface area contributed by atoms with Gasteiger partial charge in [0.05, 0.1) is 23.4 Å². The van der Waals surface area contributed by atoms with E-state index < -0.39 is 0 Å². The van der Waals surface area contributed by atoms with Crippen LogP contribution in [0.5, 0.6) is 5.75 Å². The van der Waals surface area contributed by atoms with E-state index in [1.807, 2.05) is 67.6 Å². The van der Waals surface area contributed by atoms with E-state index in [0.717, 1.165) is 33.1 Å². The van der Waals surface area contributed by atoms with Gasteiger partial charge in [0.15, 0.2) is 0 Å². The fraction of sp³-hybridized carbons (Fsp3) is 0.125. The van der Waals surface area contributed by atoms with E-state index in [-0.39, 0.29) is 11.7 Å². The summed E-state index contributed by atoms with van der Waals surface area (Å²) in [5.74, 6) is 0.757. The Balaban J connectivity index is 1.51. The molecule has 0 saturated carbocycles. The lowest BCUT2D eigenvalue weighted by molar-refractivity contribution is -0.113. The summed E-state index contributed by atoms with van der Waals surface area (Å²) in [5.41, 5.74) is 1.97. The summed E-state index contributed by atoms with van der Waals surface area (Å²) in [6.07, 6.45) is 0. The van der Waals surface area contributed by atoms with Crippen LogP contribution in [0.25, 0.3) is 21.7 Å². The number of carbonyl (C=O) groups excluding carboxylic acids is 1. The molecule has 0 aliphatic rings. The maximum Gasteiger partial charge on any atom is 0.234 e. The van der Waals surface area contributed by atoms with E-state index in [2.05, 4.69) is 16.4 Å². The van der Waals surface area contributed by atoms with Crippen LogP contribution in [-0.4, -0.2) is 23.3 Å². The minimum absolute atomic E-state index is 0.145. The van der Waals surface area contributed by atoms with Crippen molar-refractivity contribution in [1.29, 1.82) is 5.26 Å². The molecule has 0 fully saturated rings. The predicted molar refractivity (Wildman–Crippen MR) is 121 cm³/mol. The molecule has 0 saturated heterocycles.